The van der Waals surface area contributed by atoms with Gasteiger partial charge in [-0.05, 0) is 36.4 Å². The zero-order valence-electron chi connectivity index (χ0n) is 19.7. The van der Waals surface area contributed by atoms with Crippen LogP contribution in [0.2, 0.25) is 10.0 Å². The molecule has 2 aromatic carbocycles. The van der Waals surface area contributed by atoms with Crippen LogP contribution in [0.25, 0.3) is 0 Å². The monoisotopic (exact) mass is 527 g/mol. The van der Waals surface area contributed by atoms with E-state index < -0.39 is 6.17 Å². The molecule has 188 valence electrons. The molecule has 1 unspecified atom stereocenters. The van der Waals surface area contributed by atoms with E-state index in [1.165, 1.54) is 12.5 Å². The van der Waals surface area contributed by atoms with Crippen molar-refractivity contribution >= 4 is 46.3 Å². The van der Waals surface area contributed by atoms with Gasteiger partial charge in [0.25, 0.3) is 5.91 Å². The lowest BCUT2D eigenvalue weighted by Gasteiger charge is -2.38. The Morgan fingerprint density at radius 1 is 1.17 bits per heavy atom. The molecule has 3 N–H and O–H groups in total. The van der Waals surface area contributed by atoms with E-state index in [9.17, 15) is 4.79 Å². The number of aromatic nitrogens is 2. The van der Waals surface area contributed by atoms with Gasteiger partial charge in [-0.2, -0.15) is 0 Å². The predicted octanol–water partition coefficient (Wildman–Crippen LogP) is 3.53. The zero-order chi connectivity index (χ0) is 25.1. The molecule has 3 aromatic rings. The molecule has 36 heavy (non-hydrogen) atoms. The minimum atomic E-state index is -0.605. The summed E-state index contributed by atoms with van der Waals surface area (Å²) in [5, 5.41) is 10.8. The Balaban J connectivity index is 1.36. The number of methoxy groups -OCH3 is 1. The molecule has 0 spiro atoms. The molecule has 0 aliphatic carbocycles. The summed E-state index contributed by atoms with van der Waals surface area (Å²) in [5.74, 6) is 0.221. The van der Waals surface area contributed by atoms with Crippen LogP contribution in [0.4, 0.5) is 17.2 Å². The first kappa shape index (κ1) is 24.6. The Morgan fingerprint density at radius 2 is 1.94 bits per heavy atom. The van der Waals surface area contributed by atoms with Crippen molar-refractivity contribution in [1.29, 1.82) is 0 Å². The Morgan fingerprint density at radius 3 is 2.69 bits per heavy atom. The van der Waals surface area contributed by atoms with Crippen LogP contribution in [-0.2, 0) is 4.74 Å². The minimum absolute atomic E-state index is 0.282. The van der Waals surface area contributed by atoms with Crippen molar-refractivity contribution < 1.29 is 9.53 Å². The van der Waals surface area contributed by atoms with E-state index in [-0.39, 0.29) is 5.91 Å². The number of fused-ring (bicyclic) bond motifs is 1. The Kier molecular flexibility index (Phi) is 7.43. The highest BCUT2D eigenvalue weighted by Gasteiger charge is 2.35. The first-order chi connectivity index (χ1) is 17.5. The van der Waals surface area contributed by atoms with Gasteiger partial charge in [0.2, 0.25) is 0 Å². The number of nitrogens with one attached hydrogen (secondary N) is 3. The van der Waals surface area contributed by atoms with E-state index in [1.807, 2.05) is 17.0 Å². The third kappa shape index (κ3) is 5.05. The van der Waals surface area contributed by atoms with Gasteiger partial charge in [0.05, 0.1) is 13.3 Å². The molecule has 3 heterocycles. The molecule has 0 bridgehead atoms. The van der Waals surface area contributed by atoms with Gasteiger partial charge in [-0.1, -0.05) is 29.3 Å². The van der Waals surface area contributed by atoms with E-state index >= 15 is 0 Å². The molecule has 9 nitrogen and oxygen atoms in total. The maximum absolute atomic E-state index is 12.8. The third-order valence-electron chi connectivity index (χ3n) is 6.37. The quantitative estimate of drug-likeness (QED) is 0.429. The van der Waals surface area contributed by atoms with E-state index in [4.69, 9.17) is 27.9 Å². The van der Waals surface area contributed by atoms with Crippen molar-refractivity contribution in [2.75, 3.05) is 55.1 Å². The first-order valence-electron chi connectivity index (χ1n) is 11.7. The number of piperazine rings is 1. The van der Waals surface area contributed by atoms with E-state index in [0.29, 0.717) is 46.3 Å². The predicted molar refractivity (Wildman–Crippen MR) is 142 cm³/mol. The van der Waals surface area contributed by atoms with Crippen LogP contribution in [0.15, 0.2) is 55.0 Å². The number of carbonyl (C=O) groups excluding carboxylic acids is 1. The number of carbonyl (C=O) groups is 1. The minimum Gasteiger partial charge on any atom is -0.383 e. The van der Waals surface area contributed by atoms with Crippen LogP contribution in [-0.4, -0.2) is 61.9 Å². The van der Waals surface area contributed by atoms with Crippen molar-refractivity contribution in [3.8, 4) is 0 Å². The molecule has 1 fully saturated rings. The van der Waals surface area contributed by atoms with Gasteiger partial charge >= 0.3 is 0 Å². The molecule has 2 atom stereocenters. The SMILES string of the molecule is COCC1CN(c2ccc(NCN3c4ncncc4C(=O)N[C@@H]3c3c(Cl)cccc3Cl)cc2)CCN1. The topological polar surface area (TPSA) is 94.7 Å². The number of benzene rings is 2. The molecule has 1 saturated heterocycles. The number of hydrogen-bond acceptors (Lipinski definition) is 8. The van der Waals surface area contributed by atoms with Crippen molar-refractivity contribution in [2.45, 2.75) is 12.2 Å². The Bertz CT molecular complexity index is 1210. The molecule has 1 aromatic heterocycles. The second-order valence-electron chi connectivity index (χ2n) is 8.68. The second kappa shape index (κ2) is 10.9. The zero-order valence-corrected chi connectivity index (χ0v) is 21.3. The average molecular weight is 528 g/mol. The summed E-state index contributed by atoms with van der Waals surface area (Å²) in [6, 6.07) is 13.9. The number of rotatable bonds is 7. The molecule has 2 aliphatic heterocycles. The van der Waals surface area contributed by atoms with Crippen molar-refractivity contribution in [2.24, 2.45) is 0 Å². The molecule has 11 heteroatoms. The number of nitrogens with zero attached hydrogens (tertiary/aromatic N) is 4. The summed E-state index contributed by atoms with van der Waals surface area (Å²) in [6.45, 7) is 3.79. The fourth-order valence-electron chi connectivity index (χ4n) is 4.62. The second-order valence-corrected chi connectivity index (χ2v) is 9.49. The maximum atomic E-state index is 12.8. The lowest BCUT2D eigenvalue weighted by atomic mass is 10.1. The summed E-state index contributed by atoms with van der Waals surface area (Å²) in [4.78, 5) is 25.5. The highest BCUT2D eigenvalue weighted by atomic mass is 35.5. The van der Waals surface area contributed by atoms with Crippen molar-refractivity contribution in [3.63, 3.8) is 0 Å². The van der Waals surface area contributed by atoms with E-state index in [2.05, 4.69) is 43.0 Å². The smallest absolute Gasteiger partial charge is 0.258 e. The van der Waals surface area contributed by atoms with Crippen LogP contribution in [0.1, 0.15) is 22.1 Å². The number of hydrogen-bond donors (Lipinski definition) is 3. The van der Waals surface area contributed by atoms with Gasteiger partial charge in [0.1, 0.15) is 23.9 Å². The standard InChI is InChI=1S/C25H27Cl2N7O2/c1-36-13-17-12-33(10-9-29-17)18-7-5-16(6-8-18)31-15-34-23-19(11-28-14-30-23)25(35)32-24(34)22-20(26)3-2-4-21(22)27/h2-8,11,14,17,24,29,31H,9-10,12-13,15H2,1H3,(H,32,35)/t17?,24-/m0/s1. The number of anilines is 3. The lowest BCUT2D eigenvalue weighted by molar-refractivity contribution is 0.0925. The van der Waals surface area contributed by atoms with Gasteiger partial charge in [-0.3, -0.25) is 4.79 Å². The Labute approximate surface area is 219 Å². The van der Waals surface area contributed by atoms with Gasteiger partial charge < -0.3 is 30.5 Å². The van der Waals surface area contributed by atoms with Gasteiger partial charge in [-0.15, -0.1) is 0 Å². The van der Waals surface area contributed by atoms with E-state index in [0.717, 1.165) is 31.0 Å². The number of ether oxygens (including phenoxy) is 1. The third-order valence-corrected chi connectivity index (χ3v) is 7.03. The highest BCUT2D eigenvalue weighted by Crippen LogP contribution is 2.37. The van der Waals surface area contributed by atoms with Gasteiger partial charge in [0, 0.05) is 66.0 Å². The Hall–Kier alpha value is -3.11. The summed E-state index contributed by atoms with van der Waals surface area (Å²) in [7, 11) is 1.73. The fourth-order valence-corrected chi connectivity index (χ4v) is 5.22. The molecule has 0 radical (unpaired) electrons. The first-order valence-corrected chi connectivity index (χ1v) is 12.4. The van der Waals surface area contributed by atoms with Crippen molar-refractivity contribution in [1.82, 2.24) is 20.6 Å². The molecule has 5 rings (SSSR count). The van der Waals surface area contributed by atoms with Crippen LogP contribution >= 0.6 is 23.2 Å². The summed E-state index contributed by atoms with van der Waals surface area (Å²) < 4.78 is 5.31. The molecular weight excluding hydrogens is 501 g/mol. The van der Waals surface area contributed by atoms with Crippen molar-refractivity contribution in [3.05, 3.63) is 76.2 Å². The molecular formula is C25H27Cl2N7O2. The molecule has 0 saturated carbocycles. The van der Waals surface area contributed by atoms with Crippen LogP contribution in [0, 0.1) is 0 Å². The fraction of sp³-hybridized carbons (Fsp3) is 0.320. The summed E-state index contributed by atoms with van der Waals surface area (Å²) >= 11 is 13.0. The van der Waals surface area contributed by atoms with Gasteiger partial charge in [0.15, 0.2) is 0 Å². The van der Waals surface area contributed by atoms with Gasteiger partial charge in [-0.25, -0.2) is 9.97 Å². The van der Waals surface area contributed by atoms with E-state index in [1.54, 1.807) is 25.3 Å². The summed E-state index contributed by atoms with van der Waals surface area (Å²) in [5.41, 5.74) is 3.09. The van der Waals surface area contributed by atoms with Crippen LogP contribution in [0.3, 0.4) is 0 Å². The number of amides is 1. The van der Waals surface area contributed by atoms with Crippen LogP contribution < -0.4 is 25.8 Å². The lowest BCUT2D eigenvalue weighted by Crippen LogP contribution is -2.52. The highest BCUT2D eigenvalue weighted by molar-refractivity contribution is 6.36. The molecule has 1 amide bonds. The maximum Gasteiger partial charge on any atom is 0.258 e. The average Bonchev–Trinajstić information content (AvgIpc) is 2.89. The largest absolute Gasteiger partial charge is 0.383 e. The molecule has 2 aliphatic rings. The summed E-state index contributed by atoms with van der Waals surface area (Å²) in [6.07, 6.45) is 2.33. The number of halogens is 2. The van der Waals surface area contributed by atoms with Crippen LogP contribution in [0.5, 0.6) is 0 Å². The normalized spacial score (nSPS) is 19.6.